The van der Waals surface area contributed by atoms with Crippen LogP contribution >= 0.6 is 23.2 Å². The molecule has 3 N–H and O–H groups in total. The smallest absolute Gasteiger partial charge is 0.238 e. The number of ether oxygens (including phenoxy) is 1. The van der Waals surface area contributed by atoms with Gasteiger partial charge in [-0.1, -0.05) is 23.2 Å². The molecule has 0 saturated carbocycles. The number of nitrogen functional groups attached to an aromatic ring is 1. The number of rotatable bonds is 7. The Morgan fingerprint density at radius 2 is 2.15 bits per heavy atom. The second-order valence-electron chi connectivity index (χ2n) is 4.48. The van der Waals surface area contributed by atoms with Crippen molar-refractivity contribution in [1.29, 1.82) is 0 Å². The van der Waals surface area contributed by atoms with Gasteiger partial charge < -0.3 is 15.8 Å². The lowest BCUT2D eigenvalue weighted by Crippen LogP contribution is -2.31. The summed E-state index contributed by atoms with van der Waals surface area (Å²) < 4.78 is 4.96. The first-order valence-electron chi connectivity index (χ1n) is 6.16. The molecule has 7 heteroatoms. The predicted molar refractivity (Wildman–Crippen MR) is 83.5 cm³/mol. The van der Waals surface area contributed by atoms with Crippen molar-refractivity contribution < 1.29 is 9.53 Å². The number of benzene rings is 1. The van der Waals surface area contributed by atoms with Crippen LogP contribution in [0.15, 0.2) is 12.1 Å². The van der Waals surface area contributed by atoms with E-state index in [9.17, 15) is 4.79 Å². The van der Waals surface area contributed by atoms with E-state index in [1.165, 1.54) is 6.07 Å². The summed E-state index contributed by atoms with van der Waals surface area (Å²) in [5, 5.41) is 3.46. The number of amides is 1. The fourth-order valence-corrected chi connectivity index (χ4v) is 2.26. The van der Waals surface area contributed by atoms with Gasteiger partial charge in [0, 0.05) is 25.3 Å². The Kier molecular flexibility index (Phi) is 7.09. The van der Waals surface area contributed by atoms with Crippen molar-refractivity contribution in [3.8, 4) is 0 Å². The minimum absolute atomic E-state index is 0.180. The summed E-state index contributed by atoms with van der Waals surface area (Å²) >= 11 is 11.8. The van der Waals surface area contributed by atoms with E-state index in [2.05, 4.69) is 5.32 Å². The number of carbonyl (C=O) groups excluding carboxylic acids is 1. The molecule has 0 aliphatic heterocycles. The maximum atomic E-state index is 11.9. The van der Waals surface area contributed by atoms with Crippen LogP contribution in [-0.2, 0) is 9.53 Å². The summed E-state index contributed by atoms with van der Waals surface area (Å²) in [6.45, 7) is 1.69. The molecule has 0 aromatic heterocycles. The van der Waals surface area contributed by atoms with Gasteiger partial charge in [0.15, 0.2) is 0 Å². The number of halogens is 2. The van der Waals surface area contributed by atoms with Gasteiger partial charge in [-0.25, -0.2) is 0 Å². The molecule has 5 nitrogen and oxygen atoms in total. The summed E-state index contributed by atoms with van der Waals surface area (Å²) in [7, 11) is 3.51. The number of likely N-dealkylation sites (N-methyl/N-ethyl adjacent to an activating group) is 1. The lowest BCUT2D eigenvalue weighted by molar-refractivity contribution is -0.117. The molecule has 1 aromatic rings. The lowest BCUT2D eigenvalue weighted by Gasteiger charge is -2.17. The number of carbonyl (C=O) groups is 1. The topological polar surface area (TPSA) is 67.6 Å². The number of nitrogens with zero attached hydrogens (tertiary/aromatic N) is 1. The minimum atomic E-state index is -0.180. The van der Waals surface area contributed by atoms with Gasteiger partial charge in [0.25, 0.3) is 0 Å². The first kappa shape index (κ1) is 17.0. The Balaban J connectivity index is 2.54. The van der Waals surface area contributed by atoms with Gasteiger partial charge in [0.1, 0.15) is 0 Å². The summed E-state index contributed by atoms with van der Waals surface area (Å²) in [4.78, 5) is 13.8. The summed E-state index contributed by atoms with van der Waals surface area (Å²) in [5.74, 6) is -0.180. The Labute approximate surface area is 129 Å². The highest BCUT2D eigenvalue weighted by Crippen LogP contribution is 2.31. The van der Waals surface area contributed by atoms with Gasteiger partial charge in [-0.3, -0.25) is 9.69 Å². The SMILES string of the molecule is COCCCN(C)CC(=O)Nc1c(N)cc(Cl)cc1Cl. The molecule has 0 saturated heterocycles. The van der Waals surface area contributed by atoms with E-state index in [-0.39, 0.29) is 12.5 Å². The molecule has 112 valence electrons. The lowest BCUT2D eigenvalue weighted by atomic mass is 10.2. The van der Waals surface area contributed by atoms with Crippen molar-refractivity contribution in [1.82, 2.24) is 4.90 Å². The van der Waals surface area contributed by atoms with E-state index in [1.54, 1.807) is 13.2 Å². The van der Waals surface area contributed by atoms with Crippen LogP contribution in [0.3, 0.4) is 0 Å². The molecule has 0 aliphatic carbocycles. The van der Waals surface area contributed by atoms with Crippen molar-refractivity contribution in [2.24, 2.45) is 0 Å². The summed E-state index contributed by atoms with van der Waals surface area (Å²) in [6.07, 6.45) is 0.865. The number of nitrogens with one attached hydrogen (secondary N) is 1. The second kappa shape index (κ2) is 8.32. The van der Waals surface area contributed by atoms with Crippen molar-refractivity contribution >= 4 is 40.5 Å². The standard InChI is InChI=1S/C13H19Cl2N3O2/c1-18(4-3-5-20-2)8-12(19)17-13-10(15)6-9(14)7-11(13)16/h6-7H,3-5,8,16H2,1-2H3,(H,17,19). The van der Waals surface area contributed by atoms with E-state index in [0.717, 1.165) is 13.0 Å². The maximum Gasteiger partial charge on any atom is 0.238 e. The van der Waals surface area contributed by atoms with Gasteiger partial charge in [-0.2, -0.15) is 0 Å². The third-order valence-electron chi connectivity index (χ3n) is 2.65. The van der Waals surface area contributed by atoms with Crippen LogP contribution in [0.4, 0.5) is 11.4 Å². The molecule has 20 heavy (non-hydrogen) atoms. The molecule has 1 rings (SSSR count). The van der Waals surface area contributed by atoms with Crippen LogP contribution in [0.1, 0.15) is 6.42 Å². The molecule has 0 atom stereocenters. The number of hydrogen-bond donors (Lipinski definition) is 2. The zero-order valence-electron chi connectivity index (χ0n) is 11.6. The summed E-state index contributed by atoms with van der Waals surface area (Å²) in [5.41, 5.74) is 6.53. The van der Waals surface area contributed by atoms with Crippen LogP contribution in [0.25, 0.3) is 0 Å². The van der Waals surface area contributed by atoms with Gasteiger partial charge in [0.05, 0.1) is 22.9 Å². The molecule has 0 aliphatic rings. The number of nitrogens with two attached hydrogens (primary N) is 1. The molecular formula is C13H19Cl2N3O2. The van der Waals surface area contributed by atoms with Crippen LogP contribution in [0.5, 0.6) is 0 Å². The predicted octanol–water partition coefficient (Wildman–Crippen LogP) is 2.48. The van der Waals surface area contributed by atoms with Crippen LogP contribution in [-0.4, -0.2) is 44.7 Å². The number of hydrogen-bond acceptors (Lipinski definition) is 4. The first-order valence-corrected chi connectivity index (χ1v) is 6.91. The van der Waals surface area contributed by atoms with Crippen molar-refractivity contribution in [3.63, 3.8) is 0 Å². The average Bonchev–Trinajstić information content (AvgIpc) is 2.34. The van der Waals surface area contributed by atoms with E-state index in [0.29, 0.717) is 28.0 Å². The molecule has 0 unspecified atom stereocenters. The molecule has 0 fully saturated rings. The number of methoxy groups -OCH3 is 1. The molecule has 0 heterocycles. The third-order valence-corrected chi connectivity index (χ3v) is 3.17. The highest BCUT2D eigenvalue weighted by atomic mass is 35.5. The van der Waals surface area contributed by atoms with E-state index >= 15 is 0 Å². The molecule has 0 radical (unpaired) electrons. The quantitative estimate of drug-likeness (QED) is 0.598. The Hall–Kier alpha value is -1.01. The zero-order valence-corrected chi connectivity index (χ0v) is 13.1. The van der Waals surface area contributed by atoms with Crippen LogP contribution in [0.2, 0.25) is 10.0 Å². The largest absolute Gasteiger partial charge is 0.397 e. The third kappa shape index (κ3) is 5.54. The normalized spacial score (nSPS) is 10.8. The van der Waals surface area contributed by atoms with Crippen molar-refractivity contribution in [2.75, 3.05) is 44.9 Å². The minimum Gasteiger partial charge on any atom is -0.397 e. The molecule has 1 amide bonds. The Bertz CT molecular complexity index is 446. The van der Waals surface area contributed by atoms with E-state index < -0.39 is 0 Å². The molecule has 0 bridgehead atoms. The Morgan fingerprint density at radius 1 is 1.45 bits per heavy atom. The van der Waals surface area contributed by atoms with Crippen molar-refractivity contribution in [2.45, 2.75) is 6.42 Å². The van der Waals surface area contributed by atoms with Gasteiger partial charge >= 0.3 is 0 Å². The molecular weight excluding hydrogens is 301 g/mol. The fourth-order valence-electron chi connectivity index (χ4n) is 1.71. The van der Waals surface area contributed by atoms with Gasteiger partial charge in [-0.05, 0) is 25.6 Å². The zero-order chi connectivity index (χ0) is 15.1. The highest BCUT2D eigenvalue weighted by Gasteiger charge is 2.12. The van der Waals surface area contributed by atoms with E-state index in [1.807, 2.05) is 11.9 Å². The molecule has 0 spiro atoms. The van der Waals surface area contributed by atoms with Gasteiger partial charge in [0.2, 0.25) is 5.91 Å². The van der Waals surface area contributed by atoms with Gasteiger partial charge in [-0.15, -0.1) is 0 Å². The average molecular weight is 320 g/mol. The number of anilines is 2. The molecule has 1 aromatic carbocycles. The second-order valence-corrected chi connectivity index (χ2v) is 5.33. The van der Waals surface area contributed by atoms with E-state index in [4.69, 9.17) is 33.7 Å². The monoisotopic (exact) mass is 319 g/mol. The summed E-state index contributed by atoms with van der Waals surface area (Å²) in [6, 6.07) is 3.09. The van der Waals surface area contributed by atoms with Crippen LogP contribution < -0.4 is 11.1 Å². The highest BCUT2D eigenvalue weighted by molar-refractivity contribution is 6.37. The Morgan fingerprint density at radius 3 is 2.75 bits per heavy atom. The van der Waals surface area contributed by atoms with Crippen LogP contribution in [0, 0.1) is 0 Å². The fraction of sp³-hybridized carbons (Fsp3) is 0.462. The maximum absolute atomic E-state index is 11.9. The van der Waals surface area contributed by atoms with Crippen molar-refractivity contribution in [3.05, 3.63) is 22.2 Å². The first-order chi connectivity index (χ1) is 9.43.